The molecule has 0 bridgehead atoms. The summed E-state index contributed by atoms with van der Waals surface area (Å²) >= 11 is 0. The molecule has 0 aliphatic carbocycles. The number of amides is 1. The zero-order valence-corrected chi connectivity index (χ0v) is 13.1. The standard InChI is InChI=1S/C13H19BN2O4S/c1-20-7-6-16-12-4-2-10(9-15-21(14,18)19)8-11(12)3-5-13(16)17/h2,4,8,15H,3,5-7,9,14H2,1H3. The summed E-state index contributed by atoms with van der Waals surface area (Å²) in [5, 5.41) is 0. The smallest absolute Gasteiger partial charge is 0.275 e. The first-order valence-electron chi connectivity index (χ1n) is 6.76. The fraction of sp³-hybridized carbons (Fsp3) is 0.462. The molecule has 6 nitrogen and oxygen atoms in total. The Morgan fingerprint density at radius 3 is 2.81 bits per heavy atom. The van der Waals surface area contributed by atoms with Crippen LogP contribution >= 0.6 is 0 Å². The van der Waals surface area contributed by atoms with Gasteiger partial charge < -0.3 is 9.64 Å². The number of ether oxygens (including phenoxy) is 1. The highest BCUT2D eigenvalue weighted by Crippen LogP contribution is 2.28. The Morgan fingerprint density at radius 2 is 2.14 bits per heavy atom. The van der Waals surface area contributed by atoms with Gasteiger partial charge in [0.2, 0.25) is 5.91 Å². The van der Waals surface area contributed by atoms with Gasteiger partial charge in [-0.15, -0.1) is 0 Å². The second kappa shape index (κ2) is 6.59. The van der Waals surface area contributed by atoms with E-state index in [0.29, 0.717) is 26.0 Å². The van der Waals surface area contributed by atoms with Crippen molar-refractivity contribution in [2.45, 2.75) is 19.4 Å². The van der Waals surface area contributed by atoms with E-state index in [-0.39, 0.29) is 12.5 Å². The van der Waals surface area contributed by atoms with Crippen LogP contribution < -0.4 is 9.62 Å². The quantitative estimate of drug-likeness (QED) is 0.724. The third kappa shape index (κ3) is 4.29. The van der Waals surface area contributed by atoms with E-state index in [9.17, 15) is 13.2 Å². The van der Waals surface area contributed by atoms with Crippen molar-refractivity contribution in [3.8, 4) is 0 Å². The highest BCUT2D eigenvalue weighted by atomic mass is 32.2. The van der Waals surface area contributed by atoms with E-state index in [1.807, 2.05) is 18.2 Å². The molecular formula is C13H19BN2O4S. The van der Waals surface area contributed by atoms with Crippen LogP contribution in [0.1, 0.15) is 17.5 Å². The van der Waals surface area contributed by atoms with Crippen LogP contribution in [0.5, 0.6) is 0 Å². The van der Waals surface area contributed by atoms with Crippen molar-refractivity contribution < 1.29 is 17.9 Å². The minimum absolute atomic E-state index is 0.0987. The van der Waals surface area contributed by atoms with Crippen molar-refractivity contribution in [3.63, 3.8) is 0 Å². The van der Waals surface area contributed by atoms with Crippen LogP contribution in [0, 0.1) is 0 Å². The van der Waals surface area contributed by atoms with Crippen molar-refractivity contribution in [2.75, 3.05) is 25.2 Å². The van der Waals surface area contributed by atoms with Crippen LogP contribution in [0.25, 0.3) is 0 Å². The molecule has 1 aromatic carbocycles. The molecule has 1 aromatic rings. The molecule has 1 aliphatic rings. The molecule has 114 valence electrons. The molecule has 0 saturated carbocycles. The number of methoxy groups -OCH3 is 1. The van der Waals surface area contributed by atoms with E-state index in [4.69, 9.17) is 4.74 Å². The van der Waals surface area contributed by atoms with Gasteiger partial charge in [0.15, 0.2) is 9.87 Å². The van der Waals surface area contributed by atoms with Gasteiger partial charge in [-0.25, -0.2) is 13.1 Å². The number of carbonyl (C=O) groups is 1. The summed E-state index contributed by atoms with van der Waals surface area (Å²) in [6.07, 6.45) is 1.16. The van der Waals surface area contributed by atoms with Crippen LogP contribution in [0.15, 0.2) is 18.2 Å². The van der Waals surface area contributed by atoms with Gasteiger partial charge in [0.1, 0.15) is 0 Å². The molecule has 0 spiro atoms. The first-order valence-corrected chi connectivity index (χ1v) is 8.65. The SMILES string of the molecule is BS(=O)(=O)NCc1ccc2c(c1)CCC(=O)N2CCOC. The number of rotatable bonds is 6. The fourth-order valence-corrected chi connectivity index (χ4v) is 2.79. The molecule has 1 amide bonds. The van der Waals surface area contributed by atoms with Crippen LogP contribution in [0.4, 0.5) is 5.69 Å². The Hall–Kier alpha value is -1.38. The molecule has 0 fully saturated rings. The van der Waals surface area contributed by atoms with Crippen LogP contribution in [0.3, 0.4) is 0 Å². The number of carbonyl (C=O) groups excluding carboxylic acids is 1. The summed E-state index contributed by atoms with van der Waals surface area (Å²) < 4.78 is 29.8. The molecule has 8 heteroatoms. The Bertz CT molecular complexity index is 633. The number of fused-ring (bicyclic) bond motifs is 1. The lowest BCUT2D eigenvalue weighted by Crippen LogP contribution is -2.37. The van der Waals surface area contributed by atoms with Gasteiger partial charge in [0.25, 0.3) is 7.12 Å². The summed E-state index contributed by atoms with van der Waals surface area (Å²) in [4.78, 5) is 13.7. The molecule has 21 heavy (non-hydrogen) atoms. The maximum Gasteiger partial charge on any atom is 0.275 e. The Labute approximate surface area is 125 Å². The normalized spacial score (nSPS) is 15.1. The highest BCUT2D eigenvalue weighted by molar-refractivity contribution is 8.10. The van der Waals surface area contributed by atoms with E-state index >= 15 is 0 Å². The number of nitrogens with zero attached hydrogens (tertiary/aromatic N) is 1. The first-order chi connectivity index (χ1) is 9.90. The first kappa shape index (κ1) is 16.0. The van der Waals surface area contributed by atoms with Gasteiger partial charge in [-0.1, -0.05) is 12.1 Å². The largest absolute Gasteiger partial charge is 0.383 e. The van der Waals surface area contributed by atoms with E-state index in [2.05, 4.69) is 4.72 Å². The van der Waals surface area contributed by atoms with E-state index in [1.54, 1.807) is 12.0 Å². The Kier molecular flexibility index (Phi) is 5.02. The molecule has 0 radical (unpaired) electrons. The number of anilines is 1. The monoisotopic (exact) mass is 310 g/mol. The number of aryl methyl sites for hydroxylation is 1. The zero-order chi connectivity index (χ0) is 15.5. The molecule has 0 aromatic heterocycles. The van der Waals surface area contributed by atoms with Gasteiger partial charge in [-0.05, 0) is 23.6 Å². The predicted octanol–water partition coefficient (Wildman–Crippen LogP) is -0.420. The van der Waals surface area contributed by atoms with Gasteiger partial charge in [0.05, 0.1) is 6.61 Å². The van der Waals surface area contributed by atoms with Gasteiger partial charge in [-0.2, -0.15) is 0 Å². The molecule has 1 heterocycles. The lowest BCUT2D eigenvalue weighted by atomic mass is 9.99. The summed E-state index contributed by atoms with van der Waals surface area (Å²) in [5.41, 5.74) is 2.85. The summed E-state index contributed by atoms with van der Waals surface area (Å²) in [6, 6.07) is 5.68. The van der Waals surface area contributed by atoms with E-state index in [0.717, 1.165) is 23.9 Å². The fourth-order valence-electron chi connectivity index (χ4n) is 2.37. The molecule has 1 aliphatic heterocycles. The Balaban J connectivity index is 2.18. The molecule has 0 saturated heterocycles. The zero-order valence-electron chi connectivity index (χ0n) is 12.3. The average molecular weight is 310 g/mol. The summed E-state index contributed by atoms with van der Waals surface area (Å²) in [6.45, 7) is 1.28. The highest BCUT2D eigenvalue weighted by Gasteiger charge is 2.23. The maximum atomic E-state index is 12.0. The molecule has 1 N–H and O–H groups in total. The second-order valence-electron chi connectivity index (χ2n) is 5.09. The van der Waals surface area contributed by atoms with Crippen molar-refractivity contribution in [2.24, 2.45) is 0 Å². The lowest BCUT2D eigenvalue weighted by Gasteiger charge is -2.29. The number of nitrogens with one attached hydrogen (secondary N) is 1. The van der Waals surface area contributed by atoms with Gasteiger partial charge >= 0.3 is 0 Å². The summed E-state index contributed by atoms with van der Waals surface area (Å²) in [7, 11) is -0.464. The lowest BCUT2D eigenvalue weighted by molar-refractivity contribution is -0.119. The van der Waals surface area contributed by atoms with Gasteiger partial charge in [-0.3, -0.25) is 4.79 Å². The van der Waals surface area contributed by atoms with E-state index < -0.39 is 9.87 Å². The van der Waals surface area contributed by atoms with Crippen LogP contribution in [-0.4, -0.2) is 41.7 Å². The van der Waals surface area contributed by atoms with Crippen LogP contribution in [-0.2, 0) is 32.4 Å². The van der Waals surface area contributed by atoms with Gasteiger partial charge in [0, 0.05) is 32.3 Å². The molecule has 0 atom stereocenters. The van der Waals surface area contributed by atoms with Crippen molar-refractivity contribution in [3.05, 3.63) is 29.3 Å². The number of hydrogen-bond donors (Lipinski definition) is 1. The van der Waals surface area contributed by atoms with Crippen LogP contribution in [0.2, 0.25) is 0 Å². The number of hydrogen-bond acceptors (Lipinski definition) is 4. The predicted molar refractivity (Wildman–Crippen MR) is 83.3 cm³/mol. The van der Waals surface area contributed by atoms with E-state index in [1.165, 1.54) is 0 Å². The number of benzene rings is 1. The minimum Gasteiger partial charge on any atom is -0.383 e. The minimum atomic E-state index is -3.21. The Morgan fingerprint density at radius 1 is 1.38 bits per heavy atom. The summed E-state index contributed by atoms with van der Waals surface area (Å²) in [5.74, 6) is 0.0987. The molecular weight excluding hydrogens is 291 g/mol. The van der Waals surface area contributed by atoms with Crippen molar-refractivity contribution in [1.82, 2.24) is 4.72 Å². The molecule has 0 unspecified atom stereocenters. The topological polar surface area (TPSA) is 75.7 Å². The average Bonchev–Trinajstić information content (AvgIpc) is 2.43. The van der Waals surface area contributed by atoms with Crippen molar-refractivity contribution >= 4 is 28.6 Å². The molecule has 2 rings (SSSR count). The second-order valence-corrected chi connectivity index (χ2v) is 6.93. The van der Waals surface area contributed by atoms with Crippen molar-refractivity contribution in [1.29, 1.82) is 0 Å². The third-order valence-corrected chi connectivity index (χ3v) is 4.07. The maximum absolute atomic E-state index is 12.0. The third-order valence-electron chi connectivity index (χ3n) is 3.40.